The molecule has 18 heavy (non-hydrogen) atoms. The topological polar surface area (TPSA) is 46.8 Å². The molecule has 3 heterocycles. The molecule has 0 N–H and O–H groups in total. The summed E-state index contributed by atoms with van der Waals surface area (Å²) in [5, 5.41) is 4.29. The van der Waals surface area contributed by atoms with E-state index in [1.165, 1.54) is 18.4 Å². The number of aromatic nitrogens is 2. The molecule has 0 spiro atoms. The number of amides is 1. The molecule has 4 rings (SSSR count). The number of pyridine rings is 1. The monoisotopic (exact) mass is 243 g/mol. The number of carbonyl (C=O) groups excluding carboxylic acids is 1. The zero-order valence-electron chi connectivity index (χ0n) is 9.87. The lowest BCUT2D eigenvalue weighted by atomic mass is 10.1. The summed E-state index contributed by atoms with van der Waals surface area (Å²) in [4.78, 5) is 13.4. The molecule has 1 aliphatic heterocycles. The van der Waals surface area contributed by atoms with Gasteiger partial charge in [0.15, 0.2) is 0 Å². The first-order valence-electron chi connectivity index (χ1n) is 6.25. The Morgan fingerprint density at radius 1 is 1.33 bits per heavy atom. The van der Waals surface area contributed by atoms with Gasteiger partial charge in [0.25, 0.3) is 0 Å². The molecule has 1 saturated carbocycles. The van der Waals surface area contributed by atoms with Crippen LogP contribution in [0.15, 0.2) is 24.4 Å². The molecule has 1 aliphatic carbocycles. The fourth-order valence-electron chi connectivity index (χ4n) is 2.48. The number of carbonyl (C=O) groups is 1. The van der Waals surface area contributed by atoms with E-state index in [1.54, 1.807) is 15.6 Å². The van der Waals surface area contributed by atoms with Crippen LogP contribution in [-0.2, 0) is 4.74 Å². The Morgan fingerprint density at radius 2 is 2.22 bits per heavy atom. The Labute approximate surface area is 104 Å². The van der Waals surface area contributed by atoms with Gasteiger partial charge in [-0.25, -0.2) is 9.31 Å². The number of anilines is 1. The molecule has 2 fully saturated rings. The predicted octanol–water partition coefficient (Wildman–Crippen LogP) is 2.17. The fourth-order valence-corrected chi connectivity index (χ4v) is 2.48. The fraction of sp³-hybridized carbons (Fsp3) is 0.385. The van der Waals surface area contributed by atoms with Gasteiger partial charge in [-0.2, -0.15) is 5.10 Å². The first-order valence-corrected chi connectivity index (χ1v) is 6.25. The summed E-state index contributed by atoms with van der Waals surface area (Å²) in [6.45, 7) is 1.05. The molecule has 0 radical (unpaired) electrons. The summed E-state index contributed by atoms with van der Waals surface area (Å²) in [6.07, 6.45) is 3.97. The van der Waals surface area contributed by atoms with Crippen LogP contribution >= 0.6 is 0 Å². The number of rotatable bonds is 2. The van der Waals surface area contributed by atoms with E-state index in [1.807, 2.05) is 6.07 Å². The van der Waals surface area contributed by atoms with Crippen molar-refractivity contribution in [2.75, 3.05) is 18.1 Å². The third-order valence-corrected chi connectivity index (χ3v) is 3.59. The molecule has 1 saturated heterocycles. The van der Waals surface area contributed by atoms with Gasteiger partial charge in [-0.15, -0.1) is 0 Å². The SMILES string of the molecule is O=C1OCCN1c1cc(C2CC2)cc2ccnn12. The first-order chi connectivity index (χ1) is 8.83. The van der Waals surface area contributed by atoms with E-state index in [4.69, 9.17) is 4.74 Å². The highest BCUT2D eigenvalue weighted by atomic mass is 16.6. The molecule has 0 atom stereocenters. The van der Waals surface area contributed by atoms with E-state index in [2.05, 4.69) is 17.2 Å². The minimum atomic E-state index is -0.278. The molecule has 2 aromatic heterocycles. The Hall–Kier alpha value is -2.04. The molecule has 5 nitrogen and oxygen atoms in total. The molecular formula is C13H13N3O2. The van der Waals surface area contributed by atoms with E-state index in [0.29, 0.717) is 19.1 Å². The summed E-state index contributed by atoms with van der Waals surface area (Å²) < 4.78 is 6.81. The van der Waals surface area contributed by atoms with Gasteiger partial charge in [-0.05, 0) is 42.5 Å². The van der Waals surface area contributed by atoms with E-state index in [0.717, 1.165) is 11.3 Å². The number of cyclic esters (lactones) is 1. The van der Waals surface area contributed by atoms with Crippen LogP contribution in [0.3, 0.4) is 0 Å². The summed E-state index contributed by atoms with van der Waals surface area (Å²) >= 11 is 0. The maximum absolute atomic E-state index is 11.7. The Kier molecular flexibility index (Phi) is 1.92. The van der Waals surface area contributed by atoms with Crippen molar-refractivity contribution in [1.82, 2.24) is 9.61 Å². The minimum Gasteiger partial charge on any atom is -0.447 e. The van der Waals surface area contributed by atoms with Gasteiger partial charge < -0.3 is 4.74 Å². The molecule has 2 aliphatic rings. The second-order valence-electron chi connectivity index (χ2n) is 4.86. The molecule has 0 bridgehead atoms. The van der Waals surface area contributed by atoms with Gasteiger partial charge in [0.1, 0.15) is 12.4 Å². The molecular weight excluding hydrogens is 230 g/mol. The van der Waals surface area contributed by atoms with Crippen LogP contribution in [0.2, 0.25) is 0 Å². The van der Waals surface area contributed by atoms with Gasteiger partial charge in [-0.3, -0.25) is 4.90 Å². The van der Waals surface area contributed by atoms with Gasteiger partial charge in [-0.1, -0.05) is 0 Å². The highest BCUT2D eigenvalue weighted by Gasteiger charge is 2.29. The maximum Gasteiger partial charge on any atom is 0.415 e. The molecule has 92 valence electrons. The second kappa shape index (κ2) is 3.48. The lowest BCUT2D eigenvalue weighted by molar-refractivity contribution is 0.181. The van der Waals surface area contributed by atoms with E-state index < -0.39 is 0 Å². The van der Waals surface area contributed by atoms with Crippen molar-refractivity contribution >= 4 is 17.4 Å². The van der Waals surface area contributed by atoms with Gasteiger partial charge in [0, 0.05) is 0 Å². The molecule has 1 amide bonds. The Morgan fingerprint density at radius 3 is 2.94 bits per heavy atom. The number of fused-ring (bicyclic) bond motifs is 1. The number of hydrogen-bond donors (Lipinski definition) is 0. The van der Waals surface area contributed by atoms with Crippen LogP contribution in [0.25, 0.3) is 5.52 Å². The summed E-state index contributed by atoms with van der Waals surface area (Å²) in [6, 6.07) is 6.20. The van der Waals surface area contributed by atoms with Crippen LogP contribution in [0.1, 0.15) is 24.3 Å². The van der Waals surface area contributed by atoms with Crippen LogP contribution < -0.4 is 4.90 Å². The summed E-state index contributed by atoms with van der Waals surface area (Å²) in [7, 11) is 0. The van der Waals surface area contributed by atoms with Crippen molar-refractivity contribution in [3.05, 3.63) is 30.0 Å². The normalized spacial score (nSPS) is 19.6. The third-order valence-electron chi connectivity index (χ3n) is 3.59. The van der Waals surface area contributed by atoms with Crippen molar-refractivity contribution < 1.29 is 9.53 Å². The zero-order chi connectivity index (χ0) is 12.1. The highest BCUT2D eigenvalue weighted by molar-refractivity contribution is 5.89. The number of hydrogen-bond acceptors (Lipinski definition) is 3. The molecule has 0 unspecified atom stereocenters. The molecule has 0 aromatic carbocycles. The van der Waals surface area contributed by atoms with E-state index >= 15 is 0 Å². The van der Waals surface area contributed by atoms with Crippen molar-refractivity contribution in [1.29, 1.82) is 0 Å². The first kappa shape index (κ1) is 9.94. The Balaban J connectivity index is 1.90. The zero-order valence-corrected chi connectivity index (χ0v) is 9.87. The average Bonchev–Trinajstić information content (AvgIpc) is 2.97. The van der Waals surface area contributed by atoms with Crippen molar-refractivity contribution in [2.45, 2.75) is 18.8 Å². The van der Waals surface area contributed by atoms with Crippen molar-refractivity contribution in [3.63, 3.8) is 0 Å². The lowest BCUT2D eigenvalue weighted by Gasteiger charge is -2.15. The van der Waals surface area contributed by atoms with E-state index in [9.17, 15) is 4.79 Å². The molecule has 5 heteroatoms. The highest BCUT2D eigenvalue weighted by Crippen LogP contribution is 2.41. The smallest absolute Gasteiger partial charge is 0.415 e. The Bertz CT molecular complexity index is 630. The van der Waals surface area contributed by atoms with Gasteiger partial charge in [0.2, 0.25) is 0 Å². The third kappa shape index (κ3) is 1.40. The van der Waals surface area contributed by atoms with Crippen LogP contribution in [-0.4, -0.2) is 28.9 Å². The lowest BCUT2D eigenvalue weighted by Crippen LogP contribution is -2.26. The standard InChI is InChI=1S/C13H13N3O2/c17-13-15(5-6-18-13)12-8-10(9-1-2-9)7-11-3-4-14-16(11)12/h3-4,7-9H,1-2,5-6H2. The average molecular weight is 243 g/mol. The van der Waals surface area contributed by atoms with Crippen molar-refractivity contribution in [2.24, 2.45) is 0 Å². The number of ether oxygens (including phenoxy) is 1. The second-order valence-corrected chi connectivity index (χ2v) is 4.86. The molecule has 2 aromatic rings. The summed E-state index contributed by atoms with van der Waals surface area (Å²) in [5.74, 6) is 1.48. The van der Waals surface area contributed by atoms with Crippen LogP contribution in [0, 0.1) is 0 Å². The quantitative estimate of drug-likeness (QED) is 0.812. The van der Waals surface area contributed by atoms with Gasteiger partial charge in [0.05, 0.1) is 18.3 Å². The summed E-state index contributed by atoms with van der Waals surface area (Å²) in [5.41, 5.74) is 2.34. The van der Waals surface area contributed by atoms with Crippen molar-refractivity contribution in [3.8, 4) is 0 Å². The minimum absolute atomic E-state index is 0.278. The van der Waals surface area contributed by atoms with E-state index in [-0.39, 0.29) is 6.09 Å². The predicted molar refractivity (Wildman–Crippen MR) is 65.9 cm³/mol. The number of nitrogens with zero attached hydrogens (tertiary/aromatic N) is 3. The van der Waals surface area contributed by atoms with Crippen LogP contribution in [0.4, 0.5) is 10.6 Å². The maximum atomic E-state index is 11.7. The van der Waals surface area contributed by atoms with Crippen LogP contribution in [0.5, 0.6) is 0 Å². The largest absolute Gasteiger partial charge is 0.447 e. The van der Waals surface area contributed by atoms with Gasteiger partial charge >= 0.3 is 6.09 Å².